The molecule has 2 rings (SSSR count). The van der Waals surface area contributed by atoms with Gasteiger partial charge in [0.2, 0.25) is 0 Å². The van der Waals surface area contributed by atoms with E-state index >= 15 is 0 Å². The molecule has 0 N–H and O–H groups in total. The summed E-state index contributed by atoms with van der Waals surface area (Å²) in [6, 6.07) is 11.1. The lowest BCUT2D eigenvalue weighted by Gasteiger charge is -2.14. The van der Waals surface area contributed by atoms with E-state index in [-0.39, 0.29) is 5.82 Å². The zero-order chi connectivity index (χ0) is 14.7. The summed E-state index contributed by atoms with van der Waals surface area (Å²) in [6.07, 6.45) is 1.90. The molecular weight excluding hydrogens is 271 g/mol. The summed E-state index contributed by atoms with van der Waals surface area (Å²) in [5.74, 6) is 0.195. The van der Waals surface area contributed by atoms with Gasteiger partial charge in [0.05, 0.1) is 0 Å². The summed E-state index contributed by atoms with van der Waals surface area (Å²) in [4.78, 5) is 0. The Morgan fingerprint density at radius 3 is 2.50 bits per heavy atom. The van der Waals surface area contributed by atoms with E-state index in [4.69, 9.17) is 11.6 Å². The van der Waals surface area contributed by atoms with E-state index in [1.54, 1.807) is 12.1 Å². The SMILES string of the molecule is CCCc1cc(F)cc(-c2cc(Cl)ccc2C(C)C)c1. The minimum absolute atomic E-state index is 0.180. The third kappa shape index (κ3) is 3.40. The quantitative estimate of drug-likeness (QED) is 0.627. The second-order valence-electron chi connectivity index (χ2n) is 5.48. The highest BCUT2D eigenvalue weighted by molar-refractivity contribution is 6.30. The van der Waals surface area contributed by atoms with Crippen LogP contribution in [0.3, 0.4) is 0 Å². The minimum atomic E-state index is -0.180. The second kappa shape index (κ2) is 6.41. The number of hydrogen-bond acceptors (Lipinski definition) is 0. The maximum Gasteiger partial charge on any atom is 0.124 e. The summed E-state index contributed by atoms with van der Waals surface area (Å²) in [5, 5.41) is 0.686. The maximum atomic E-state index is 13.8. The molecule has 2 aromatic carbocycles. The molecule has 0 radical (unpaired) electrons. The van der Waals surface area contributed by atoms with Gasteiger partial charge in [-0.15, -0.1) is 0 Å². The Balaban J connectivity index is 2.58. The van der Waals surface area contributed by atoms with Crippen LogP contribution in [0.5, 0.6) is 0 Å². The van der Waals surface area contributed by atoms with E-state index in [1.807, 2.05) is 18.2 Å². The van der Waals surface area contributed by atoms with Crippen LogP contribution < -0.4 is 0 Å². The first kappa shape index (κ1) is 15.1. The summed E-state index contributed by atoms with van der Waals surface area (Å²) in [7, 11) is 0. The molecular formula is C18H20ClF. The number of rotatable bonds is 4. The molecule has 0 aliphatic rings. The average molecular weight is 291 g/mol. The smallest absolute Gasteiger partial charge is 0.124 e. The monoisotopic (exact) mass is 290 g/mol. The maximum absolute atomic E-state index is 13.8. The van der Waals surface area contributed by atoms with Gasteiger partial charge in [0, 0.05) is 5.02 Å². The molecule has 0 atom stereocenters. The molecule has 0 saturated carbocycles. The van der Waals surface area contributed by atoms with Crippen LogP contribution in [-0.2, 0) is 6.42 Å². The molecule has 0 fully saturated rings. The third-order valence-corrected chi connectivity index (χ3v) is 3.68. The lowest BCUT2D eigenvalue weighted by molar-refractivity contribution is 0.625. The molecule has 0 spiro atoms. The van der Waals surface area contributed by atoms with Crippen molar-refractivity contribution in [3.05, 3.63) is 58.4 Å². The minimum Gasteiger partial charge on any atom is -0.207 e. The Labute approximate surface area is 125 Å². The highest BCUT2D eigenvalue weighted by Gasteiger charge is 2.11. The topological polar surface area (TPSA) is 0 Å². The second-order valence-corrected chi connectivity index (χ2v) is 5.92. The van der Waals surface area contributed by atoms with Gasteiger partial charge in [-0.3, -0.25) is 0 Å². The summed E-state index contributed by atoms with van der Waals surface area (Å²) < 4.78 is 13.8. The van der Waals surface area contributed by atoms with Crippen molar-refractivity contribution < 1.29 is 4.39 Å². The highest BCUT2D eigenvalue weighted by atomic mass is 35.5. The van der Waals surface area contributed by atoms with Crippen LogP contribution in [-0.4, -0.2) is 0 Å². The predicted octanol–water partition coefficient (Wildman–Crippen LogP) is 6.22. The molecule has 0 saturated heterocycles. The van der Waals surface area contributed by atoms with E-state index < -0.39 is 0 Å². The van der Waals surface area contributed by atoms with Gasteiger partial charge in [-0.25, -0.2) is 4.39 Å². The van der Waals surface area contributed by atoms with Crippen LogP contribution in [0.15, 0.2) is 36.4 Å². The Hall–Kier alpha value is -1.34. The first-order valence-corrected chi connectivity index (χ1v) is 7.48. The normalized spacial score (nSPS) is 11.1. The largest absolute Gasteiger partial charge is 0.207 e. The Morgan fingerprint density at radius 1 is 1.10 bits per heavy atom. The van der Waals surface area contributed by atoms with Crippen molar-refractivity contribution in [2.24, 2.45) is 0 Å². The van der Waals surface area contributed by atoms with E-state index in [0.717, 1.165) is 29.5 Å². The molecule has 2 aromatic rings. The Bertz CT molecular complexity index is 602. The number of benzene rings is 2. The first-order valence-electron chi connectivity index (χ1n) is 7.10. The van der Waals surface area contributed by atoms with Crippen molar-refractivity contribution in [1.29, 1.82) is 0 Å². The van der Waals surface area contributed by atoms with Gasteiger partial charge in [-0.2, -0.15) is 0 Å². The van der Waals surface area contributed by atoms with Crippen LogP contribution in [0.2, 0.25) is 5.02 Å². The molecule has 0 amide bonds. The predicted molar refractivity (Wildman–Crippen MR) is 84.9 cm³/mol. The molecule has 106 valence electrons. The van der Waals surface area contributed by atoms with Crippen LogP contribution >= 0.6 is 11.6 Å². The van der Waals surface area contributed by atoms with Crippen LogP contribution in [0, 0.1) is 5.82 Å². The van der Waals surface area contributed by atoms with Crippen LogP contribution in [0.4, 0.5) is 4.39 Å². The summed E-state index contributed by atoms with van der Waals surface area (Å²) in [6.45, 7) is 6.38. The number of halogens is 2. The van der Waals surface area contributed by atoms with Gasteiger partial charge in [-0.05, 0) is 58.9 Å². The van der Waals surface area contributed by atoms with Crippen molar-refractivity contribution in [2.75, 3.05) is 0 Å². The van der Waals surface area contributed by atoms with Gasteiger partial charge in [0.1, 0.15) is 5.82 Å². The van der Waals surface area contributed by atoms with Gasteiger partial charge < -0.3 is 0 Å². The van der Waals surface area contributed by atoms with E-state index in [0.29, 0.717) is 10.9 Å². The average Bonchev–Trinajstić information content (AvgIpc) is 2.38. The molecule has 0 unspecified atom stereocenters. The highest BCUT2D eigenvalue weighted by Crippen LogP contribution is 2.32. The van der Waals surface area contributed by atoms with Crippen molar-refractivity contribution in [3.8, 4) is 11.1 Å². The van der Waals surface area contributed by atoms with Crippen LogP contribution in [0.25, 0.3) is 11.1 Å². The summed E-state index contributed by atoms with van der Waals surface area (Å²) >= 11 is 6.12. The molecule has 20 heavy (non-hydrogen) atoms. The zero-order valence-corrected chi connectivity index (χ0v) is 13.0. The Morgan fingerprint density at radius 2 is 1.85 bits per heavy atom. The van der Waals surface area contributed by atoms with Crippen molar-refractivity contribution in [1.82, 2.24) is 0 Å². The number of hydrogen-bond donors (Lipinski definition) is 0. The fourth-order valence-corrected chi connectivity index (χ4v) is 2.69. The molecule has 0 aliphatic heterocycles. The van der Waals surface area contributed by atoms with Crippen molar-refractivity contribution in [3.63, 3.8) is 0 Å². The molecule has 0 aromatic heterocycles. The first-order chi connectivity index (χ1) is 9.51. The Kier molecular flexibility index (Phi) is 4.82. The fraction of sp³-hybridized carbons (Fsp3) is 0.333. The summed E-state index contributed by atoms with van der Waals surface area (Å²) in [5.41, 5.74) is 4.18. The zero-order valence-electron chi connectivity index (χ0n) is 12.2. The molecule has 0 bridgehead atoms. The van der Waals surface area contributed by atoms with Crippen molar-refractivity contribution in [2.45, 2.75) is 39.5 Å². The van der Waals surface area contributed by atoms with E-state index in [1.165, 1.54) is 5.56 Å². The molecule has 0 nitrogen and oxygen atoms in total. The number of aryl methyl sites for hydroxylation is 1. The van der Waals surface area contributed by atoms with Crippen LogP contribution in [0.1, 0.15) is 44.2 Å². The standard InChI is InChI=1S/C18H20ClF/c1-4-5-13-8-14(10-16(20)9-13)18-11-15(19)6-7-17(18)12(2)3/h6-12H,4-5H2,1-3H3. The lowest BCUT2D eigenvalue weighted by atomic mass is 9.91. The molecule has 2 heteroatoms. The van der Waals surface area contributed by atoms with Gasteiger partial charge >= 0.3 is 0 Å². The molecule has 0 heterocycles. The van der Waals surface area contributed by atoms with Gasteiger partial charge in [0.25, 0.3) is 0 Å². The molecule has 0 aliphatic carbocycles. The van der Waals surface area contributed by atoms with E-state index in [2.05, 4.69) is 26.8 Å². The lowest BCUT2D eigenvalue weighted by Crippen LogP contribution is -1.94. The van der Waals surface area contributed by atoms with E-state index in [9.17, 15) is 4.39 Å². The fourth-order valence-electron chi connectivity index (χ4n) is 2.52. The van der Waals surface area contributed by atoms with Crippen molar-refractivity contribution >= 4 is 11.6 Å². The van der Waals surface area contributed by atoms with Gasteiger partial charge in [-0.1, -0.05) is 50.9 Å². The van der Waals surface area contributed by atoms with Gasteiger partial charge in [0.15, 0.2) is 0 Å². The third-order valence-electron chi connectivity index (χ3n) is 3.44.